The fourth-order valence-corrected chi connectivity index (χ4v) is 0.477. The summed E-state index contributed by atoms with van der Waals surface area (Å²) in [4.78, 5) is 0. The molecule has 0 atom stereocenters. The van der Waals surface area contributed by atoms with Crippen molar-refractivity contribution in [3.63, 3.8) is 0 Å². The van der Waals surface area contributed by atoms with Crippen LogP contribution >= 0.6 is 0 Å². The van der Waals surface area contributed by atoms with Gasteiger partial charge < -0.3 is 10.1 Å². The Balaban J connectivity index is 3.07. The molecule has 0 radical (unpaired) electrons. The van der Waals surface area contributed by atoms with Gasteiger partial charge in [0.1, 0.15) is 6.61 Å². The Hall–Kier alpha value is -0.800. The van der Waals surface area contributed by atoms with Crippen LogP contribution in [0.2, 0.25) is 0 Å². The number of hydrogen-bond acceptors (Lipinski definition) is 3. The molecule has 0 saturated heterocycles. The standard InChI is InChI=1S/C6H9F3N2O/c7-6(8,9)5-12-4-3-11-2-1-10/h11H,2-5H2. The maximum absolute atomic E-state index is 11.4. The first kappa shape index (κ1) is 11.2. The van der Waals surface area contributed by atoms with E-state index in [9.17, 15) is 13.2 Å². The number of halogens is 3. The highest BCUT2D eigenvalue weighted by Crippen LogP contribution is 2.13. The predicted octanol–water partition coefficient (Wildman–Crippen LogP) is 0.678. The van der Waals surface area contributed by atoms with E-state index >= 15 is 0 Å². The average molecular weight is 182 g/mol. The first-order valence-corrected chi connectivity index (χ1v) is 3.28. The van der Waals surface area contributed by atoms with Crippen LogP contribution in [0.5, 0.6) is 0 Å². The molecule has 0 aliphatic rings. The Morgan fingerprint density at radius 3 is 2.58 bits per heavy atom. The largest absolute Gasteiger partial charge is 0.411 e. The zero-order chi connectivity index (χ0) is 9.45. The van der Waals surface area contributed by atoms with Crippen LogP contribution in [-0.4, -0.2) is 32.5 Å². The summed E-state index contributed by atoms with van der Waals surface area (Å²) in [6, 6.07) is 1.79. The Bertz CT molecular complexity index is 152. The van der Waals surface area contributed by atoms with Gasteiger partial charge in [0.05, 0.1) is 19.2 Å². The van der Waals surface area contributed by atoms with Gasteiger partial charge in [-0.3, -0.25) is 0 Å². The molecule has 0 heterocycles. The second-order valence-electron chi connectivity index (χ2n) is 2.00. The van der Waals surface area contributed by atoms with E-state index in [2.05, 4.69) is 10.1 Å². The highest BCUT2D eigenvalue weighted by Gasteiger charge is 2.26. The van der Waals surface area contributed by atoms with Crippen LogP contribution < -0.4 is 5.32 Å². The third-order valence-corrected chi connectivity index (χ3v) is 0.893. The van der Waals surface area contributed by atoms with E-state index in [4.69, 9.17) is 5.26 Å². The van der Waals surface area contributed by atoms with E-state index in [1.807, 2.05) is 0 Å². The lowest BCUT2D eigenvalue weighted by atomic mass is 10.6. The van der Waals surface area contributed by atoms with Gasteiger partial charge in [0, 0.05) is 6.54 Å². The van der Waals surface area contributed by atoms with Crippen molar-refractivity contribution >= 4 is 0 Å². The number of nitrogens with one attached hydrogen (secondary N) is 1. The van der Waals surface area contributed by atoms with Crippen molar-refractivity contribution < 1.29 is 17.9 Å². The maximum atomic E-state index is 11.4. The lowest BCUT2D eigenvalue weighted by Gasteiger charge is -2.06. The summed E-state index contributed by atoms with van der Waals surface area (Å²) < 4.78 is 38.5. The molecule has 0 unspecified atom stereocenters. The monoisotopic (exact) mass is 182 g/mol. The summed E-state index contributed by atoms with van der Waals surface area (Å²) in [6.45, 7) is -0.901. The summed E-state index contributed by atoms with van der Waals surface area (Å²) >= 11 is 0. The minimum atomic E-state index is -4.27. The number of rotatable bonds is 5. The number of alkyl halides is 3. The first-order valence-electron chi connectivity index (χ1n) is 3.28. The van der Waals surface area contributed by atoms with Gasteiger partial charge in [-0.15, -0.1) is 0 Å². The van der Waals surface area contributed by atoms with E-state index in [1.165, 1.54) is 0 Å². The summed E-state index contributed by atoms with van der Waals surface area (Å²) in [5, 5.41) is 10.6. The third-order valence-electron chi connectivity index (χ3n) is 0.893. The van der Waals surface area contributed by atoms with Crippen molar-refractivity contribution in [3.05, 3.63) is 0 Å². The highest BCUT2D eigenvalue weighted by atomic mass is 19.4. The molecule has 0 aliphatic carbocycles. The van der Waals surface area contributed by atoms with Gasteiger partial charge in [-0.2, -0.15) is 18.4 Å². The molecule has 0 spiro atoms. The number of ether oxygens (including phenoxy) is 1. The van der Waals surface area contributed by atoms with Gasteiger partial charge in [0.2, 0.25) is 0 Å². The molecule has 70 valence electrons. The van der Waals surface area contributed by atoms with Gasteiger partial charge in [-0.1, -0.05) is 0 Å². The van der Waals surface area contributed by atoms with Crippen LogP contribution in [0.3, 0.4) is 0 Å². The number of nitriles is 1. The topological polar surface area (TPSA) is 45.0 Å². The molecule has 0 bridgehead atoms. The molecule has 0 saturated carbocycles. The normalized spacial score (nSPS) is 11.2. The lowest BCUT2D eigenvalue weighted by Crippen LogP contribution is -2.24. The first-order chi connectivity index (χ1) is 5.56. The molecule has 0 fully saturated rings. The molecule has 0 amide bonds. The van der Waals surface area contributed by atoms with Crippen molar-refractivity contribution in [2.45, 2.75) is 6.18 Å². The lowest BCUT2D eigenvalue weighted by molar-refractivity contribution is -0.173. The van der Waals surface area contributed by atoms with E-state index in [0.29, 0.717) is 0 Å². The van der Waals surface area contributed by atoms with E-state index in [1.54, 1.807) is 6.07 Å². The summed E-state index contributed by atoms with van der Waals surface area (Å²) in [5.74, 6) is 0. The smallest absolute Gasteiger partial charge is 0.371 e. The zero-order valence-electron chi connectivity index (χ0n) is 6.32. The molecule has 0 aromatic carbocycles. The van der Waals surface area contributed by atoms with Crippen LogP contribution in [0, 0.1) is 11.3 Å². The minimum absolute atomic E-state index is 0.0405. The fourth-order valence-electron chi connectivity index (χ4n) is 0.477. The molecule has 3 nitrogen and oxygen atoms in total. The van der Waals surface area contributed by atoms with Crippen molar-refractivity contribution in [1.29, 1.82) is 5.26 Å². The summed E-state index contributed by atoms with van der Waals surface area (Å²) in [5.41, 5.74) is 0. The SMILES string of the molecule is N#CCNCCOCC(F)(F)F. The second kappa shape index (κ2) is 5.80. The maximum Gasteiger partial charge on any atom is 0.411 e. The molecular weight excluding hydrogens is 173 g/mol. The van der Waals surface area contributed by atoms with Gasteiger partial charge in [-0.05, 0) is 0 Å². The van der Waals surface area contributed by atoms with Crippen molar-refractivity contribution in [3.8, 4) is 6.07 Å². The summed E-state index contributed by atoms with van der Waals surface area (Å²) in [6.07, 6.45) is -4.27. The molecule has 0 aromatic heterocycles. The van der Waals surface area contributed by atoms with E-state index < -0.39 is 12.8 Å². The van der Waals surface area contributed by atoms with Gasteiger partial charge in [0.25, 0.3) is 0 Å². The third kappa shape index (κ3) is 9.20. The number of hydrogen-bond donors (Lipinski definition) is 1. The van der Waals surface area contributed by atoms with E-state index in [0.717, 1.165) is 0 Å². The zero-order valence-corrected chi connectivity index (χ0v) is 6.32. The Kier molecular flexibility index (Phi) is 5.41. The van der Waals surface area contributed by atoms with Gasteiger partial charge in [0.15, 0.2) is 0 Å². The van der Waals surface area contributed by atoms with Crippen molar-refractivity contribution in [1.82, 2.24) is 5.32 Å². The fraction of sp³-hybridized carbons (Fsp3) is 0.833. The van der Waals surface area contributed by atoms with E-state index in [-0.39, 0.29) is 19.7 Å². The molecule has 0 rings (SSSR count). The quantitative estimate of drug-likeness (QED) is 0.502. The van der Waals surface area contributed by atoms with Crippen molar-refractivity contribution in [2.75, 3.05) is 26.3 Å². The van der Waals surface area contributed by atoms with Gasteiger partial charge in [-0.25, -0.2) is 0 Å². The second-order valence-corrected chi connectivity index (χ2v) is 2.00. The molecule has 0 aromatic rings. The Morgan fingerprint density at radius 1 is 1.42 bits per heavy atom. The summed E-state index contributed by atoms with van der Waals surface area (Å²) in [7, 11) is 0. The predicted molar refractivity (Wildman–Crippen MR) is 35.4 cm³/mol. The molecule has 0 aliphatic heterocycles. The minimum Gasteiger partial charge on any atom is -0.371 e. The van der Waals surface area contributed by atoms with Gasteiger partial charge >= 0.3 is 6.18 Å². The van der Waals surface area contributed by atoms with Crippen LogP contribution in [0.4, 0.5) is 13.2 Å². The average Bonchev–Trinajstić information content (AvgIpc) is 1.94. The molecule has 12 heavy (non-hydrogen) atoms. The highest BCUT2D eigenvalue weighted by molar-refractivity contribution is 4.72. The molecular formula is C6H9F3N2O. The Labute approximate surface area is 68.1 Å². The van der Waals surface area contributed by atoms with Crippen LogP contribution in [0.25, 0.3) is 0 Å². The van der Waals surface area contributed by atoms with Crippen molar-refractivity contribution in [2.24, 2.45) is 0 Å². The number of nitrogens with zero attached hydrogens (tertiary/aromatic N) is 1. The molecule has 6 heteroatoms. The van der Waals surface area contributed by atoms with Crippen LogP contribution in [0.15, 0.2) is 0 Å². The van der Waals surface area contributed by atoms with Crippen LogP contribution in [0.1, 0.15) is 0 Å². The van der Waals surface area contributed by atoms with Crippen LogP contribution in [-0.2, 0) is 4.74 Å². The Morgan fingerprint density at radius 2 is 2.08 bits per heavy atom. The molecule has 1 N–H and O–H groups in total.